The van der Waals surface area contributed by atoms with E-state index in [0.717, 1.165) is 69.5 Å². The van der Waals surface area contributed by atoms with Gasteiger partial charge < -0.3 is 15.0 Å². The number of carbonyl (C=O) groups is 1. The van der Waals surface area contributed by atoms with E-state index in [1.165, 1.54) is 0 Å². The van der Waals surface area contributed by atoms with E-state index in [2.05, 4.69) is 29.4 Å². The molecule has 37 heavy (non-hydrogen) atoms. The maximum absolute atomic E-state index is 12.7. The van der Waals surface area contributed by atoms with Gasteiger partial charge in [0.25, 0.3) is 0 Å². The van der Waals surface area contributed by atoms with Gasteiger partial charge in [-0.25, -0.2) is 4.98 Å². The standard InChI is InChI=1S/C31H30ClN3O2/c1-2-3-19-37-24-15-13-23(14-16-24)33-30(36)10-6-8-25-26-20-22(32)12-18-28(26)35-31(25)29-17-11-21-7-4-5-9-27(21)34-29/h4-5,7,9,11-18,20,35H,2-3,6,8,10,19H2,1H3,(H,33,36). The highest BCUT2D eigenvalue weighted by molar-refractivity contribution is 6.31. The van der Waals surface area contributed by atoms with Crippen molar-refractivity contribution in [3.8, 4) is 17.1 Å². The van der Waals surface area contributed by atoms with Crippen molar-refractivity contribution in [2.45, 2.75) is 39.0 Å². The number of nitrogens with one attached hydrogen (secondary N) is 2. The zero-order chi connectivity index (χ0) is 25.6. The van der Waals surface area contributed by atoms with Crippen molar-refractivity contribution in [1.29, 1.82) is 0 Å². The van der Waals surface area contributed by atoms with Gasteiger partial charge in [0.15, 0.2) is 0 Å². The van der Waals surface area contributed by atoms with E-state index >= 15 is 0 Å². The van der Waals surface area contributed by atoms with Crippen LogP contribution in [0, 0.1) is 0 Å². The number of pyridine rings is 1. The van der Waals surface area contributed by atoms with Crippen LogP contribution in [0.15, 0.2) is 78.9 Å². The van der Waals surface area contributed by atoms with Crippen molar-refractivity contribution >= 4 is 45.0 Å². The van der Waals surface area contributed by atoms with Crippen molar-refractivity contribution in [3.63, 3.8) is 0 Å². The Kier molecular flexibility index (Phi) is 7.71. The number of fused-ring (bicyclic) bond motifs is 2. The minimum atomic E-state index is -0.0112. The van der Waals surface area contributed by atoms with Crippen molar-refractivity contribution in [3.05, 3.63) is 89.4 Å². The van der Waals surface area contributed by atoms with Crippen LogP contribution in [0.2, 0.25) is 5.02 Å². The number of hydrogen-bond donors (Lipinski definition) is 2. The van der Waals surface area contributed by atoms with E-state index in [9.17, 15) is 4.79 Å². The molecule has 0 aliphatic carbocycles. The number of hydrogen-bond acceptors (Lipinski definition) is 3. The second-order valence-corrected chi connectivity index (χ2v) is 9.62. The highest BCUT2D eigenvalue weighted by atomic mass is 35.5. The van der Waals surface area contributed by atoms with Gasteiger partial charge in [0, 0.05) is 33.4 Å². The molecule has 3 aromatic carbocycles. The number of H-pyrrole nitrogens is 1. The summed E-state index contributed by atoms with van der Waals surface area (Å²) in [5, 5.41) is 5.85. The zero-order valence-electron chi connectivity index (χ0n) is 20.9. The number of aromatic amines is 1. The molecule has 0 atom stereocenters. The lowest BCUT2D eigenvalue weighted by atomic mass is 10.0. The van der Waals surface area contributed by atoms with Crippen LogP contribution < -0.4 is 10.1 Å². The smallest absolute Gasteiger partial charge is 0.224 e. The van der Waals surface area contributed by atoms with Gasteiger partial charge in [0.2, 0.25) is 5.91 Å². The molecule has 0 fully saturated rings. The van der Waals surface area contributed by atoms with Crippen molar-refractivity contribution in [2.75, 3.05) is 11.9 Å². The molecule has 0 saturated heterocycles. The average molecular weight is 512 g/mol. The molecule has 0 aliphatic rings. The van der Waals surface area contributed by atoms with Crippen molar-refractivity contribution in [2.24, 2.45) is 0 Å². The van der Waals surface area contributed by atoms with Crippen LogP contribution in [0.25, 0.3) is 33.2 Å². The summed E-state index contributed by atoms with van der Waals surface area (Å²) in [5.74, 6) is 0.808. The van der Waals surface area contributed by atoms with Gasteiger partial charge in [-0.15, -0.1) is 0 Å². The molecule has 2 heterocycles. The first-order valence-electron chi connectivity index (χ1n) is 12.8. The number of rotatable bonds is 10. The lowest BCUT2D eigenvalue weighted by molar-refractivity contribution is -0.116. The number of anilines is 1. The number of benzene rings is 3. The van der Waals surface area contributed by atoms with Gasteiger partial charge in [-0.2, -0.15) is 0 Å². The molecule has 188 valence electrons. The fourth-order valence-electron chi connectivity index (χ4n) is 4.52. The molecule has 5 nitrogen and oxygen atoms in total. The summed E-state index contributed by atoms with van der Waals surface area (Å²) in [5.41, 5.74) is 5.71. The zero-order valence-corrected chi connectivity index (χ0v) is 21.6. The molecule has 5 rings (SSSR count). The molecule has 6 heteroatoms. The first-order chi connectivity index (χ1) is 18.1. The predicted molar refractivity (Wildman–Crippen MR) is 152 cm³/mol. The van der Waals surface area contributed by atoms with Crippen LogP contribution >= 0.6 is 11.6 Å². The topological polar surface area (TPSA) is 67.0 Å². The Morgan fingerprint density at radius 3 is 2.68 bits per heavy atom. The normalized spacial score (nSPS) is 11.2. The Labute approximate surface area is 221 Å². The molecule has 1 amide bonds. The molecule has 0 unspecified atom stereocenters. The molecule has 0 radical (unpaired) electrons. The minimum absolute atomic E-state index is 0.0112. The van der Waals surface area contributed by atoms with E-state index in [0.29, 0.717) is 24.5 Å². The quantitative estimate of drug-likeness (QED) is 0.186. The largest absolute Gasteiger partial charge is 0.494 e. The lowest BCUT2D eigenvalue weighted by Gasteiger charge is -2.09. The second kappa shape index (κ2) is 11.5. The van der Waals surface area contributed by atoms with Crippen LogP contribution in [-0.2, 0) is 11.2 Å². The average Bonchev–Trinajstić information content (AvgIpc) is 3.27. The number of nitrogens with zero attached hydrogens (tertiary/aromatic N) is 1. The predicted octanol–water partition coefficient (Wildman–Crippen LogP) is 8.18. The van der Waals surface area contributed by atoms with Crippen LogP contribution in [0.4, 0.5) is 5.69 Å². The Balaban J connectivity index is 1.29. The Hall–Kier alpha value is -3.83. The Morgan fingerprint density at radius 1 is 1.00 bits per heavy atom. The third-order valence-corrected chi connectivity index (χ3v) is 6.69. The number of aromatic nitrogens is 2. The number of ether oxygens (including phenoxy) is 1. The number of para-hydroxylation sites is 1. The molecular weight excluding hydrogens is 482 g/mol. The SMILES string of the molecule is CCCCOc1ccc(NC(=O)CCCc2c(-c3ccc4ccccc4n3)[nH]c3ccc(Cl)cc23)cc1. The van der Waals surface area contributed by atoms with Crippen molar-refractivity contribution in [1.82, 2.24) is 9.97 Å². The summed E-state index contributed by atoms with van der Waals surface area (Å²) < 4.78 is 5.70. The summed E-state index contributed by atoms with van der Waals surface area (Å²) in [6.45, 7) is 2.84. The van der Waals surface area contributed by atoms with Crippen LogP contribution in [0.5, 0.6) is 5.75 Å². The van der Waals surface area contributed by atoms with Gasteiger partial charge in [0.1, 0.15) is 5.75 Å². The molecule has 2 aromatic heterocycles. The number of halogens is 1. The summed E-state index contributed by atoms with van der Waals surface area (Å²) in [6, 6.07) is 25.6. The number of aryl methyl sites for hydroxylation is 1. The Bertz CT molecular complexity index is 1530. The molecule has 0 bridgehead atoms. The van der Waals surface area contributed by atoms with E-state index < -0.39 is 0 Å². The van der Waals surface area contributed by atoms with E-state index in [4.69, 9.17) is 21.3 Å². The third kappa shape index (κ3) is 5.95. The van der Waals surface area contributed by atoms with E-state index in [1.54, 1.807) is 0 Å². The van der Waals surface area contributed by atoms with Crippen LogP contribution in [0.1, 0.15) is 38.2 Å². The molecule has 5 aromatic rings. The molecule has 2 N–H and O–H groups in total. The number of amides is 1. The number of unbranched alkanes of at least 4 members (excludes halogenated alkanes) is 1. The minimum Gasteiger partial charge on any atom is -0.494 e. The summed E-state index contributed by atoms with van der Waals surface area (Å²) in [4.78, 5) is 21.1. The summed E-state index contributed by atoms with van der Waals surface area (Å²) in [6.07, 6.45) is 3.96. The highest BCUT2D eigenvalue weighted by Crippen LogP contribution is 2.33. The Morgan fingerprint density at radius 2 is 1.84 bits per heavy atom. The second-order valence-electron chi connectivity index (χ2n) is 9.19. The first kappa shape index (κ1) is 24.8. The highest BCUT2D eigenvalue weighted by Gasteiger charge is 2.16. The maximum atomic E-state index is 12.7. The van der Waals surface area contributed by atoms with Gasteiger partial charge in [-0.05, 0) is 79.4 Å². The lowest BCUT2D eigenvalue weighted by Crippen LogP contribution is -2.11. The molecule has 0 aliphatic heterocycles. The fraction of sp³-hybridized carbons (Fsp3) is 0.226. The summed E-state index contributed by atoms with van der Waals surface area (Å²) >= 11 is 6.34. The van der Waals surface area contributed by atoms with Gasteiger partial charge >= 0.3 is 0 Å². The maximum Gasteiger partial charge on any atom is 0.224 e. The third-order valence-electron chi connectivity index (χ3n) is 6.46. The monoisotopic (exact) mass is 511 g/mol. The molecular formula is C31H30ClN3O2. The number of carbonyl (C=O) groups excluding carboxylic acids is 1. The van der Waals surface area contributed by atoms with Gasteiger partial charge in [0.05, 0.1) is 23.5 Å². The van der Waals surface area contributed by atoms with Crippen LogP contribution in [0.3, 0.4) is 0 Å². The van der Waals surface area contributed by atoms with Crippen LogP contribution in [-0.4, -0.2) is 22.5 Å². The molecule has 0 spiro atoms. The van der Waals surface area contributed by atoms with Gasteiger partial charge in [-0.1, -0.05) is 49.2 Å². The van der Waals surface area contributed by atoms with E-state index in [-0.39, 0.29) is 5.91 Å². The first-order valence-corrected chi connectivity index (χ1v) is 13.2. The molecule has 0 saturated carbocycles. The van der Waals surface area contributed by atoms with Crippen molar-refractivity contribution < 1.29 is 9.53 Å². The van der Waals surface area contributed by atoms with Gasteiger partial charge in [-0.3, -0.25) is 4.79 Å². The van der Waals surface area contributed by atoms with E-state index in [1.807, 2.05) is 66.7 Å². The summed E-state index contributed by atoms with van der Waals surface area (Å²) in [7, 11) is 0. The fourth-order valence-corrected chi connectivity index (χ4v) is 4.69.